The Bertz CT molecular complexity index is 102. The number of hydrogen-bond donors (Lipinski definition) is 0. The minimum atomic E-state index is 1.07. The second-order valence-electron chi connectivity index (χ2n) is 1.08. The van der Waals surface area contributed by atoms with Gasteiger partial charge in [-0.25, -0.2) is 0 Å². The van der Waals surface area contributed by atoms with Crippen LogP contribution in [0.2, 0.25) is 0 Å². The number of hydrogen-bond acceptors (Lipinski definition) is 0. The molecule has 0 atom stereocenters. The first kappa shape index (κ1) is 2.53. The van der Waals surface area contributed by atoms with Gasteiger partial charge in [0.2, 0.25) is 0 Å². The molecule has 24 valence electrons. The fourth-order valence-electron chi connectivity index (χ4n) is 0.169. The van der Waals surface area contributed by atoms with Crippen LogP contribution < -0.4 is 0 Å². The van der Waals surface area contributed by atoms with Crippen molar-refractivity contribution in [1.29, 1.82) is 0 Å². The molecule has 0 unspecified atom stereocenters. The van der Waals surface area contributed by atoms with Crippen molar-refractivity contribution in [3.8, 4) is 12.3 Å². The third-order valence-electron chi connectivity index (χ3n) is 0.594. The predicted molar refractivity (Wildman–Crippen MR) is 21.5 cm³/mol. The van der Waals surface area contributed by atoms with E-state index in [9.17, 15) is 0 Å². The average molecular weight is 64.1 g/mol. The van der Waals surface area contributed by atoms with Gasteiger partial charge >= 0.3 is 0 Å². The normalized spacial score (nSPS) is 16.2. The molecule has 5 heavy (non-hydrogen) atoms. The van der Waals surface area contributed by atoms with Gasteiger partial charge in [-0.05, 0) is 6.42 Å². The quantitative estimate of drug-likeness (QED) is 0.368. The molecule has 0 saturated carbocycles. The number of terminal acetylenes is 1. The summed E-state index contributed by atoms with van der Waals surface area (Å²) in [6, 6.07) is 0. The minimum Gasteiger partial charge on any atom is -0.115 e. The summed E-state index contributed by atoms with van der Waals surface area (Å²) < 4.78 is 0. The van der Waals surface area contributed by atoms with Crippen LogP contribution in [0, 0.1) is 12.3 Å². The number of rotatable bonds is 0. The Morgan fingerprint density at radius 1 is 2.00 bits per heavy atom. The molecule has 1 aliphatic carbocycles. The topological polar surface area (TPSA) is 0 Å². The van der Waals surface area contributed by atoms with E-state index >= 15 is 0 Å². The van der Waals surface area contributed by atoms with Crippen molar-refractivity contribution >= 4 is 0 Å². The van der Waals surface area contributed by atoms with Crippen LogP contribution in [0.25, 0.3) is 0 Å². The fourth-order valence-corrected chi connectivity index (χ4v) is 0.169. The fraction of sp³-hybridized carbons (Fsp3) is 0.200. The van der Waals surface area contributed by atoms with Gasteiger partial charge in [-0.15, -0.1) is 6.42 Å². The maximum absolute atomic E-state index is 4.92. The zero-order valence-electron chi connectivity index (χ0n) is 2.86. The second-order valence-corrected chi connectivity index (χ2v) is 1.08. The lowest BCUT2D eigenvalue weighted by atomic mass is 10.5. The minimum absolute atomic E-state index is 1.07. The molecule has 0 saturated heterocycles. The van der Waals surface area contributed by atoms with Crippen molar-refractivity contribution in [3.63, 3.8) is 0 Å². The molecule has 0 aromatic rings. The molecule has 0 aromatic carbocycles. The molecular formula is C5H4. The predicted octanol–water partition coefficient (Wildman–Crippen LogP) is 0.950. The zero-order valence-corrected chi connectivity index (χ0v) is 2.86. The van der Waals surface area contributed by atoms with Gasteiger partial charge in [0.25, 0.3) is 0 Å². The van der Waals surface area contributed by atoms with Crippen molar-refractivity contribution in [1.82, 2.24) is 0 Å². The van der Waals surface area contributed by atoms with E-state index in [1.807, 2.05) is 6.08 Å². The van der Waals surface area contributed by atoms with Gasteiger partial charge in [0.15, 0.2) is 0 Å². The molecule has 0 radical (unpaired) electrons. The van der Waals surface area contributed by atoms with Gasteiger partial charge in [0.05, 0.1) is 0 Å². The maximum Gasteiger partial charge on any atom is 0.00194 e. The van der Waals surface area contributed by atoms with Crippen LogP contribution in [0.3, 0.4) is 0 Å². The Kier molecular flexibility index (Phi) is 0.315. The lowest BCUT2D eigenvalue weighted by Gasteiger charge is -1.50. The molecule has 0 fully saturated rings. The molecule has 0 N–H and O–H groups in total. The average Bonchev–Trinajstić information content (AvgIpc) is 2.12. The highest BCUT2D eigenvalue weighted by Gasteiger charge is 1.98. The van der Waals surface area contributed by atoms with Gasteiger partial charge in [0, 0.05) is 5.57 Å². The van der Waals surface area contributed by atoms with Crippen LogP contribution in [0.1, 0.15) is 6.42 Å². The first-order valence-electron chi connectivity index (χ1n) is 1.59. The molecule has 1 aliphatic rings. The van der Waals surface area contributed by atoms with E-state index in [0.29, 0.717) is 0 Å². The lowest BCUT2D eigenvalue weighted by molar-refractivity contribution is 1.63. The van der Waals surface area contributed by atoms with Crippen molar-refractivity contribution in [3.05, 3.63) is 11.6 Å². The van der Waals surface area contributed by atoms with Crippen LogP contribution >= 0.6 is 0 Å². The third-order valence-corrected chi connectivity index (χ3v) is 0.594. The second kappa shape index (κ2) is 0.621. The monoisotopic (exact) mass is 64.0 g/mol. The molecule has 0 heterocycles. The van der Waals surface area contributed by atoms with Crippen LogP contribution in [-0.4, -0.2) is 0 Å². The first-order valence-corrected chi connectivity index (χ1v) is 1.59. The van der Waals surface area contributed by atoms with E-state index in [1.54, 1.807) is 0 Å². The molecule has 0 heteroatoms. The van der Waals surface area contributed by atoms with E-state index in [0.717, 1.165) is 12.0 Å². The van der Waals surface area contributed by atoms with E-state index in [1.165, 1.54) is 0 Å². The summed E-state index contributed by atoms with van der Waals surface area (Å²) in [4.78, 5) is 0. The highest BCUT2D eigenvalue weighted by molar-refractivity contribution is 5.38. The molecule has 0 amide bonds. The van der Waals surface area contributed by atoms with E-state index < -0.39 is 0 Å². The highest BCUT2D eigenvalue weighted by Crippen LogP contribution is 2.14. The molecule has 1 rings (SSSR count). The molecule has 0 nitrogen and oxygen atoms in total. The van der Waals surface area contributed by atoms with Crippen molar-refractivity contribution in [2.45, 2.75) is 6.42 Å². The smallest absolute Gasteiger partial charge is 0.00194 e. The maximum atomic E-state index is 4.92. The summed E-state index contributed by atoms with van der Waals surface area (Å²) in [5, 5.41) is 0. The van der Waals surface area contributed by atoms with Crippen LogP contribution in [0.15, 0.2) is 11.6 Å². The van der Waals surface area contributed by atoms with Crippen molar-refractivity contribution < 1.29 is 0 Å². The van der Waals surface area contributed by atoms with E-state index in [4.69, 9.17) is 6.42 Å². The van der Waals surface area contributed by atoms with Gasteiger partial charge < -0.3 is 0 Å². The van der Waals surface area contributed by atoms with E-state index in [2.05, 4.69) is 5.92 Å². The van der Waals surface area contributed by atoms with Gasteiger partial charge in [-0.3, -0.25) is 0 Å². The largest absolute Gasteiger partial charge is 0.115 e. The number of allylic oxidation sites excluding steroid dienone is 2. The summed E-state index contributed by atoms with van der Waals surface area (Å²) in [6.45, 7) is 0. The SMILES string of the molecule is C#CC1=CC1. The Labute approximate surface area is 31.5 Å². The first-order chi connectivity index (χ1) is 2.43. The lowest BCUT2D eigenvalue weighted by Crippen LogP contribution is -1.38. The highest BCUT2D eigenvalue weighted by atomic mass is 14.0. The standard InChI is InChI=1S/C5H4/c1-2-5-3-4-5/h1,3H,4H2. The molecular weight excluding hydrogens is 60.1 g/mol. The summed E-state index contributed by atoms with van der Waals surface area (Å²) >= 11 is 0. The Balaban J connectivity index is 2.59. The van der Waals surface area contributed by atoms with Gasteiger partial charge in [-0.1, -0.05) is 12.0 Å². The summed E-state index contributed by atoms with van der Waals surface area (Å²) in [5.41, 5.74) is 1.16. The molecule has 0 aromatic heterocycles. The summed E-state index contributed by atoms with van der Waals surface area (Å²) in [7, 11) is 0. The van der Waals surface area contributed by atoms with Crippen LogP contribution in [0.4, 0.5) is 0 Å². The zero-order chi connectivity index (χ0) is 3.70. The third kappa shape index (κ3) is 0.302. The van der Waals surface area contributed by atoms with Gasteiger partial charge in [-0.2, -0.15) is 0 Å². The summed E-state index contributed by atoms with van der Waals surface area (Å²) in [6.07, 6.45) is 8.01. The van der Waals surface area contributed by atoms with Gasteiger partial charge in [0.1, 0.15) is 0 Å². The van der Waals surface area contributed by atoms with Crippen molar-refractivity contribution in [2.24, 2.45) is 0 Å². The Hall–Kier alpha value is -0.700. The molecule has 0 spiro atoms. The molecule has 0 bridgehead atoms. The Morgan fingerprint density at radius 3 is 2.60 bits per heavy atom. The van der Waals surface area contributed by atoms with Crippen LogP contribution in [0.5, 0.6) is 0 Å². The summed E-state index contributed by atoms with van der Waals surface area (Å²) in [5.74, 6) is 2.50. The van der Waals surface area contributed by atoms with E-state index in [-0.39, 0.29) is 0 Å². The van der Waals surface area contributed by atoms with Crippen molar-refractivity contribution in [2.75, 3.05) is 0 Å². The Morgan fingerprint density at radius 2 is 2.60 bits per heavy atom. The molecule has 0 aliphatic heterocycles. The van der Waals surface area contributed by atoms with Crippen LogP contribution in [-0.2, 0) is 0 Å².